The van der Waals surface area contributed by atoms with Crippen molar-refractivity contribution < 1.29 is 23.9 Å². The first-order chi connectivity index (χ1) is 14.0. The summed E-state index contributed by atoms with van der Waals surface area (Å²) in [7, 11) is 0. The topological polar surface area (TPSA) is 131 Å². The van der Waals surface area contributed by atoms with Crippen molar-refractivity contribution in [3.8, 4) is 0 Å². The van der Waals surface area contributed by atoms with Crippen LogP contribution in [0.2, 0.25) is 0 Å². The normalized spacial score (nSPS) is 18.8. The van der Waals surface area contributed by atoms with Gasteiger partial charge in [-0.25, -0.2) is 0 Å². The molecule has 29 heavy (non-hydrogen) atoms. The van der Waals surface area contributed by atoms with E-state index in [9.17, 15) is 19.2 Å². The fourth-order valence-corrected chi connectivity index (χ4v) is 3.50. The van der Waals surface area contributed by atoms with Crippen molar-refractivity contribution in [1.29, 1.82) is 0 Å². The number of nitrogens with one attached hydrogen (secondary N) is 2. The van der Waals surface area contributed by atoms with Crippen LogP contribution < -0.4 is 16.4 Å². The van der Waals surface area contributed by atoms with Gasteiger partial charge in [-0.15, -0.1) is 0 Å². The molecule has 0 radical (unpaired) electrons. The largest absolute Gasteiger partial charge is 0.384 e. The molecule has 0 saturated carbocycles. The second-order valence-corrected chi connectivity index (χ2v) is 7.06. The zero-order valence-electron chi connectivity index (χ0n) is 16.2. The minimum absolute atomic E-state index is 0.0995. The fraction of sp³-hybridized carbons (Fsp3) is 0.500. The smallest absolute Gasteiger partial charge is 0.264 e. The number of carbonyl (C=O) groups excluding carboxylic acids is 4. The summed E-state index contributed by atoms with van der Waals surface area (Å²) in [5.74, 6) is -2.01. The van der Waals surface area contributed by atoms with Crippen molar-refractivity contribution in [3.05, 3.63) is 29.3 Å². The van der Waals surface area contributed by atoms with Gasteiger partial charge < -0.3 is 15.8 Å². The second-order valence-electron chi connectivity index (χ2n) is 7.06. The molecular formula is C20H26N4O5. The number of fused-ring (bicyclic) bond motifs is 1. The molecule has 9 heteroatoms. The molecule has 4 N–H and O–H groups in total. The zero-order valence-corrected chi connectivity index (χ0v) is 16.2. The Hall–Kier alpha value is -2.78. The van der Waals surface area contributed by atoms with E-state index < -0.39 is 29.7 Å². The first-order valence-corrected chi connectivity index (χ1v) is 9.91. The third-order valence-corrected chi connectivity index (χ3v) is 4.99. The molecule has 2 aliphatic rings. The second kappa shape index (κ2) is 9.62. The molecule has 1 unspecified atom stereocenters. The number of anilines is 1. The van der Waals surface area contributed by atoms with E-state index >= 15 is 0 Å². The molecule has 1 saturated heterocycles. The molecule has 1 fully saturated rings. The van der Waals surface area contributed by atoms with Crippen LogP contribution in [0.1, 0.15) is 52.8 Å². The van der Waals surface area contributed by atoms with Crippen molar-refractivity contribution in [2.24, 2.45) is 5.73 Å². The van der Waals surface area contributed by atoms with Crippen molar-refractivity contribution in [2.45, 2.75) is 38.1 Å². The van der Waals surface area contributed by atoms with Gasteiger partial charge in [0.25, 0.3) is 11.8 Å². The highest BCUT2D eigenvalue weighted by molar-refractivity contribution is 6.25. The minimum atomic E-state index is -0.960. The highest BCUT2D eigenvalue weighted by Gasteiger charge is 2.45. The number of carbonyl (C=O) groups is 4. The molecule has 9 nitrogen and oxygen atoms in total. The average molecular weight is 402 g/mol. The number of benzene rings is 1. The maximum atomic E-state index is 13.0. The molecule has 0 aromatic heterocycles. The van der Waals surface area contributed by atoms with Crippen LogP contribution in [0.15, 0.2) is 18.2 Å². The summed E-state index contributed by atoms with van der Waals surface area (Å²) in [5.41, 5.74) is 6.53. The van der Waals surface area contributed by atoms with Gasteiger partial charge in [0.15, 0.2) is 0 Å². The number of piperidine rings is 1. The molecule has 2 aliphatic heterocycles. The Morgan fingerprint density at radius 1 is 1.10 bits per heavy atom. The van der Waals surface area contributed by atoms with Crippen molar-refractivity contribution in [1.82, 2.24) is 10.2 Å². The predicted octanol–water partition coefficient (Wildman–Crippen LogP) is 0.645. The third-order valence-electron chi connectivity index (χ3n) is 4.99. The summed E-state index contributed by atoms with van der Waals surface area (Å²) < 4.78 is 5.46. The Bertz CT molecular complexity index is 810. The van der Waals surface area contributed by atoms with Crippen LogP contribution in [0.4, 0.5) is 5.69 Å². The summed E-state index contributed by atoms with van der Waals surface area (Å²) in [6.45, 7) is 2.54. The summed E-state index contributed by atoms with van der Waals surface area (Å²) >= 11 is 0. The number of imide groups is 2. The van der Waals surface area contributed by atoms with Crippen molar-refractivity contribution >= 4 is 29.3 Å². The van der Waals surface area contributed by atoms with Crippen LogP contribution >= 0.6 is 0 Å². The standard InChI is InChI=1S/C20H26N4O5/c21-9-4-12-29-11-2-1-10-22-14-6-3-5-13-17(14)20(28)24(19(13)27)15-7-8-16(25)23-18(15)26/h3,5-6,15,22H,1-2,4,7-12,21H2,(H,23,25,26). The number of amides is 4. The third kappa shape index (κ3) is 4.63. The number of ether oxygens (including phenoxy) is 1. The fourth-order valence-electron chi connectivity index (χ4n) is 3.50. The number of rotatable bonds is 10. The molecule has 1 atom stereocenters. The molecule has 1 aromatic carbocycles. The van der Waals surface area contributed by atoms with Gasteiger partial charge in [0.2, 0.25) is 11.8 Å². The SMILES string of the molecule is NCCCOCCCCNc1cccc2c1C(=O)N(C1CCC(=O)NC1=O)C2=O. The number of nitrogens with zero attached hydrogens (tertiary/aromatic N) is 1. The number of hydrogen-bond acceptors (Lipinski definition) is 7. The van der Waals surface area contributed by atoms with Gasteiger partial charge in [0, 0.05) is 31.9 Å². The van der Waals surface area contributed by atoms with Crippen LogP contribution in [-0.2, 0) is 14.3 Å². The lowest BCUT2D eigenvalue weighted by atomic mass is 10.0. The summed E-state index contributed by atoms with van der Waals surface area (Å²) in [5, 5.41) is 5.41. The van der Waals surface area contributed by atoms with Crippen LogP contribution in [0.5, 0.6) is 0 Å². The molecule has 2 heterocycles. The van der Waals surface area contributed by atoms with E-state index in [0.29, 0.717) is 32.0 Å². The Kier molecular flexibility index (Phi) is 6.95. The number of nitrogens with two attached hydrogens (primary N) is 1. The molecule has 3 rings (SSSR count). The molecule has 0 bridgehead atoms. The first-order valence-electron chi connectivity index (χ1n) is 9.91. The van der Waals surface area contributed by atoms with E-state index in [0.717, 1.165) is 24.2 Å². The van der Waals surface area contributed by atoms with Crippen LogP contribution in [-0.4, -0.2) is 60.9 Å². The highest BCUT2D eigenvalue weighted by atomic mass is 16.5. The summed E-state index contributed by atoms with van der Waals surface area (Å²) in [6.07, 6.45) is 2.78. The lowest BCUT2D eigenvalue weighted by molar-refractivity contribution is -0.136. The highest BCUT2D eigenvalue weighted by Crippen LogP contribution is 2.32. The number of unbranched alkanes of at least 4 members (excludes halogenated alkanes) is 1. The van der Waals surface area contributed by atoms with Gasteiger partial charge in [0.05, 0.1) is 11.1 Å². The Balaban J connectivity index is 1.61. The first kappa shape index (κ1) is 20.9. The van der Waals surface area contributed by atoms with Gasteiger partial charge in [-0.3, -0.25) is 29.4 Å². The molecule has 156 valence electrons. The van der Waals surface area contributed by atoms with Gasteiger partial charge in [-0.2, -0.15) is 0 Å². The van der Waals surface area contributed by atoms with E-state index in [2.05, 4.69) is 10.6 Å². The average Bonchev–Trinajstić information content (AvgIpc) is 2.95. The number of hydrogen-bond donors (Lipinski definition) is 3. The minimum Gasteiger partial charge on any atom is -0.384 e. The molecule has 1 aromatic rings. The Morgan fingerprint density at radius 3 is 2.66 bits per heavy atom. The van der Waals surface area contributed by atoms with E-state index in [1.807, 2.05) is 0 Å². The van der Waals surface area contributed by atoms with E-state index in [1.54, 1.807) is 18.2 Å². The van der Waals surface area contributed by atoms with Crippen molar-refractivity contribution in [3.63, 3.8) is 0 Å². The van der Waals surface area contributed by atoms with Gasteiger partial charge in [0.1, 0.15) is 6.04 Å². The lowest BCUT2D eigenvalue weighted by Crippen LogP contribution is -2.54. The maximum Gasteiger partial charge on any atom is 0.264 e. The van der Waals surface area contributed by atoms with E-state index in [4.69, 9.17) is 10.5 Å². The van der Waals surface area contributed by atoms with Crippen LogP contribution in [0.3, 0.4) is 0 Å². The van der Waals surface area contributed by atoms with Crippen LogP contribution in [0, 0.1) is 0 Å². The monoisotopic (exact) mass is 402 g/mol. The van der Waals surface area contributed by atoms with Gasteiger partial charge in [-0.1, -0.05) is 6.07 Å². The zero-order chi connectivity index (χ0) is 20.8. The molecular weight excluding hydrogens is 376 g/mol. The Labute approximate surface area is 168 Å². The molecule has 0 aliphatic carbocycles. The summed E-state index contributed by atoms with van der Waals surface area (Å²) in [4.78, 5) is 50.2. The van der Waals surface area contributed by atoms with E-state index in [-0.39, 0.29) is 24.0 Å². The lowest BCUT2D eigenvalue weighted by Gasteiger charge is -2.27. The predicted molar refractivity (Wildman–Crippen MR) is 105 cm³/mol. The van der Waals surface area contributed by atoms with Crippen LogP contribution in [0.25, 0.3) is 0 Å². The quantitative estimate of drug-likeness (QED) is 0.387. The molecule has 4 amide bonds. The maximum absolute atomic E-state index is 13.0. The Morgan fingerprint density at radius 2 is 1.90 bits per heavy atom. The van der Waals surface area contributed by atoms with Crippen molar-refractivity contribution in [2.75, 3.05) is 31.6 Å². The molecule has 0 spiro atoms. The summed E-state index contributed by atoms with van der Waals surface area (Å²) in [6, 6.07) is 4.07. The van der Waals surface area contributed by atoms with E-state index in [1.165, 1.54) is 0 Å². The van der Waals surface area contributed by atoms with Gasteiger partial charge >= 0.3 is 0 Å². The van der Waals surface area contributed by atoms with Gasteiger partial charge in [-0.05, 0) is 44.4 Å².